The Morgan fingerprint density at radius 3 is 2.70 bits per heavy atom. The van der Waals surface area contributed by atoms with E-state index >= 15 is 0 Å². The molecule has 1 saturated heterocycles. The van der Waals surface area contributed by atoms with Gasteiger partial charge in [0.1, 0.15) is 11.6 Å². The number of phenolic OH excluding ortho intramolecular Hbond substituents is 1. The van der Waals surface area contributed by atoms with Crippen LogP contribution in [0.5, 0.6) is 5.75 Å². The first-order valence-electron chi connectivity index (χ1n) is 6.48. The van der Waals surface area contributed by atoms with Crippen LogP contribution in [0.2, 0.25) is 0 Å². The lowest BCUT2D eigenvalue weighted by Crippen LogP contribution is -2.28. The predicted molar refractivity (Wildman–Crippen MR) is 103 cm³/mol. The Kier molecular flexibility index (Phi) is 4.69. The Morgan fingerprint density at radius 2 is 2.00 bits per heavy atom. The van der Waals surface area contributed by atoms with Crippen molar-refractivity contribution in [2.45, 2.75) is 0 Å². The third-order valence-electron chi connectivity index (χ3n) is 3.16. The van der Waals surface area contributed by atoms with Crippen molar-refractivity contribution in [2.24, 2.45) is 0 Å². The molecule has 2 aromatic rings. The molecule has 0 unspecified atom stereocenters. The Bertz CT molecular complexity index is 854. The first kappa shape index (κ1) is 16.4. The number of hydrogen-bond acceptors (Lipinski definition) is 4. The molecule has 7 heteroatoms. The Morgan fingerprint density at radius 1 is 1.26 bits per heavy atom. The van der Waals surface area contributed by atoms with Crippen LogP contribution in [0.25, 0.3) is 6.08 Å². The number of phenols is 1. The summed E-state index contributed by atoms with van der Waals surface area (Å²) in [6, 6.07) is 11.0. The Balaban J connectivity index is 1.96. The molecule has 0 saturated carbocycles. The SMILES string of the molecule is O=C1/C(=C\c2ccc(O)c(I)c2)SC(=S)N1c1ccccc1F. The van der Waals surface area contributed by atoms with Crippen LogP contribution in [0.4, 0.5) is 10.1 Å². The number of halogens is 2. The second-order valence-electron chi connectivity index (χ2n) is 4.68. The maximum absolute atomic E-state index is 13.9. The molecule has 1 fully saturated rings. The molecule has 1 aliphatic heterocycles. The lowest BCUT2D eigenvalue weighted by atomic mass is 10.2. The molecule has 116 valence electrons. The standard InChI is InChI=1S/C16H9FINO2S2/c17-10-3-1-2-4-12(10)19-15(21)14(23-16(19)22)8-9-5-6-13(20)11(18)7-9/h1-8,20H/b14-8+. The van der Waals surface area contributed by atoms with E-state index in [9.17, 15) is 14.3 Å². The fourth-order valence-corrected chi connectivity index (χ4v) is 3.90. The first-order chi connectivity index (χ1) is 11.0. The van der Waals surface area contributed by atoms with Gasteiger partial charge in [0.2, 0.25) is 0 Å². The van der Waals surface area contributed by atoms with Crippen LogP contribution in [-0.2, 0) is 4.79 Å². The van der Waals surface area contributed by atoms with Crippen LogP contribution in [0.1, 0.15) is 5.56 Å². The Hall–Kier alpha value is -1.45. The number of anilines is 1. The van der Waals surface area contributed by atoms with Gasteiger partial charge in [0.25, 0.3) is 5.91 Å². The molecule has 1 aliphatic rings. The summed E-state index contributed by atoms with van der Waals surface area (Å²) in [7, 11) is 0. The van der Waals surface area contributed by atoms with Gasteiger partial charge < -0.3 is 5.11 Å². The number of carbonyl (C=O) groups is 1. The monoisotopic (exact) mass is 457 g/mol. The van der Waals surface area contributed by atoms with E-state index in [2.05, 4.69) is 0 Å². The van der Waals surface area contributed by atoms with E-state index in [0.717, 1.165) is 17.3 Å². The van der Waals surface area contributed by atoms with Gasteiger partial charge in [0.05, 0.1) is 14.2 Å². The quantitative estimate of drug-likeness (QED) is 0.409. The van der Waals surface area contributed by atoms with Crippen molar-refractivity contribution in [3.8, 4) is 5.75 Å². The minimum absolute atomic E-state index is 0.152. The molecule has 0 atom stereocenters. The number of para-hydroxylation sites is 1. The number of nitrogens with zero attached hydrogens (tertiary/aromatic N) is 1. The van der Waals surface area contributed by atoms with E-state index in [0.29, 0.717) is 12.8 Å². The molecule has 1 heterocycles. The van der Waals surface area contributed by atoms with Crippen LogP contribution >= 0.6 is 46.6 Å². The minimum Gasteiger partial charge on any atom is -0.507 e. The summed E-state index contributed by atoms with van der Waals surface area (Å²) >= 11 is 8.35. The number of amides is 1. The van der Waals surface area contributed by atoms with Gasteiger partial charge in [0, 0.05) is 0 Å². The smallest absolute Gasteiger partial charge is 0.270 e. The van der Waals surface area contributed by atoms with E-state index in [-0.39, 0.29) is 17.3 Å². The zero-order chi connectivity index (χ0) is 16.6. The van der Waals surface area contributed by atoms with Gasteiger partial charge in [-0.25, -0.2) is 4.39 Å². The van der Waals surface area contributed by atoms with Crippen LogP contribution in [0.3, 0.4) is 0 Å². The topological polar surface area (TPSA) is 40.5 Å². The highest BCUT2D eigenvalue weighted by atomic mass is 127. The normalized spacial score (nSPS) is 16.4. The van der Waals surface area contributed by atoms with Crippen molar-refractivity contribution in [2.75, 3.05) is 4.90 Å². The largest absolute Gasteiger partial charge is 0.507 e. The van der Waals surface area contributed by atoms with E-state index in [1.165, 1.54) is 17.0 Å². The zero-order valence-corrected chi connectivity index (χ0v) is 15.3. The highest BCUT2D eigenvalue weighted by Crippen LogP contribution is 2.37. The van der Waals surface area contributed by atoms with E-state index in [1.54, 1.807) is 36.4 Å². The number of rotatable bonds is 2. The van der Waals surface area contributed by atoms with E-state index < -0.39 is 5.82 Å². The minimum atomic E-state index is -0.496. The van der Waals surface area contributed by atoms with Crippen LogP contribution in [0, 0.1) is 9.39 Å². The third-order valence-corrected chi connectivity index (χ3v) is 5.32. The van der Waals surface area contributed by atoms with Crippen molar-refractivity contribution in [3.63, 3.8) is 0 Å². The summed E-state index contributed by atoms with van der Waals surface area (Å²) in [5.41, 5.74) is 0.917. The van der Waals surface area contributed by atoms with Gasteiger partial charge >= 0.3 is 0 Å². The second-order valence-corrected chi connectivity index (χ2v) is 7.52. The maximum Gasteiger partial charge on any atom is 0.270 e. The molecule has 0 aliphatic carbocycles. The van der Waals surface area contributed by atoms with Crippen molar-refractivity contribution in [1.82, 2.24) is 0 Å². The van der Waals surface area contributed by atoms with E-state index in [1.807, 2.05) is 22.6 Å². The average molecular weight is 457 g/mol. The van der Waals surface area contributed by atoms with Crippen LogP contribution in [0.15, 0.2) is 47.4 Å². The Labute approximate surface area is 155 Å². The average Bonchev–Trinajstić information content (AvgIpc) is 2.78. The van der Waals surface area contributed by atoms with Crippen LogP contribution < -0.4 is 4.90 Å². The lowest BCUT2D eigenvalue weighted by Gasteiger charge is -2.14. The molecular formula is C16H9FINO2S2. The number of aromatic hydroxyl groups is 1. The summed E-state index contributed by atoms with van der Waals surface area (Å²) < 4.78 is 14.9. The summed E-state index contributed by atoms with van der Waals surface area (Å²) in [6.07, 6.45) is 1.68. The molecule has 0 radical (unpaired) electrons. The van der Waals surface area contributed by atoms with Gasteiger partial charge in [-0.3, -0.25) is 9.69 Å². The van der Waals surface area contributed by atoms with Gasteiger partial charge in [-0.2, -0.15) is 0 Å². The fourth-order valence-electron chi connectivity index (χ4n) is 2.07. The molecule has 1 amide bonds. The van der Waals surface area contributed by atoms with Crippen LogP contribution in [-0.4, -0.2) is 15.3 Å². The summed E-state index contributed by atoms with van der Waals surface area (Å²) in [4.78, 5) is 14.2. The van der Waals surface area contributed by atoms with E-state index in [4.69, 9.17) is 12.2 Å². The molecular weight excluding hydrogens is 448 g/mol. The molecule has 1 N–H and O–H groups in total. The number of hydrogen-bond donors (Lipinski definition) is 1. The van der Waals surface area contributed by atoms with Gasteiger partial charge in [0.15, 0.2) is 4.32 Å². The second kappa shape index (κ2) is 6.58. The summed E-state index contributed by atoms with van der Waals surface area (Å²) in [5, 5.41) is 9.55. The molecule has 3 nitrogen and oxygen atoms in total. The maximum atomic E-state index is 13.9. The molecule has 2 aromatic carbocycles. The molecule has 0 bridgehead atoms. The molecule has 23 heavy (non-hydrogen) atoms. The van der Waals surface area contributed by atoms with Crippen molar-refractivity contribution >= 4 is 68.6 Å². The summed E-state index contributed by atoms with van der Waals surface area (Å²) in [6.45, 7) is 0. The number of thioether (sulfide) groups is 1. The number of carbonyl (C=O) groups excluding carboxylic acids is 1. The third kappa shape index (κ3) is 3.26. The fraction of sp³-hybridized carbons (Fsp3) is 0. The van der Waals surface area contributed by atoms with Crippen molar-refractivity contribution in [1.29, 1.82) is 0 Å². The van der Waals surface area contributed by atoms with Crippen molar-refractivity contribution < 1.29 is 14.3 Å². The predicted octanol–water partition coefficient (Wildman–Crippen LogP) is 4.54. The highest BCUT2D eigenvalue weighted by molar-refractivity contribution is 14.1. The number of thiocarbonyl (C=S) groups is 1. The first-order valence-corrected chi connectivity index (χ1v) is 8.79. The van der Waals surface area contributed by atoms with Gasteiger partial charge in [-0.05, 0) is 58.5 Å². The number of benzene rings is 2. The zero-order valence-electron chi connectivity index (χ0n) is 11.5. The summed E-state index contributed by atoms with van der Waals surface area (Å²) in [5.74, 6) is -0.668. The van der Waals surface area contributed by atoms with Gasteiger partial charge in [-0.15, -0.1) is 0 Å². The highest BCUT2D eigenvalue weighted by Gasteiger charge is 2.34. The molecule has 0 spiro atoms. The lowest BCUT2D eigenvalue weighted by molar-refractivity contribution is -0.113. The van der Waals surface area contributed by atoms with Gasteiger partial charge in [-0.1, -0.05) is 42.2 Å². The molecule has 0 aromatic heterocycles. The van der Waals surface area contributed by atoms with Crippen molar-refractivity contribution in [3.05, 3.63) is 62.3 Å². The molecule has 3 rings (SSSR count).